The highest BCUT2D eigenvalue weighted by molar-refractivity contribution is 5.85. The van der Waals surface area contributed by atoms with Crippen molar-refractivity contribution in [2.24, 2.45) is 0 Å². The molecule has 0 spiro atoms. The number of carbonyl (C=O) groups is 1. The molecule has 7 heteroatoms. The fourth-order valence-electron chi connectivity index (χ4n) is 2.93. The molecule has 2 rings (SSSR count). The van der Waals surface area contributed by atoms with Crippen molar-refractivity contribution in [2.45, 2.75) is 39.2 Å². The van der Waals surface area contributed by atoms with Gasteiger partial charge in [0.05, 0.1) is 0 Å². The minimum Gasteiger partial charge on any atom is -0.504 e. The molecule has 24 heavy (non-hydrogen) atoms. The summed E-state index contributed by atoms with van der Waals surface area (Å²) in [4.78, 5) is 13.5. The molecular weight excluding hydrogens is 351 g/mol. The second-order valence-electron chi connectivity index (χ2n) is 5.76. The number of ether oxygens (including phenoxy) is 1. The molecule has 138 valence electrons. The first-order chi connectivity index (χ1) is 10.6. The van der Waals surface area contributed by atoms with Gasteiger partial charge in [0.1, 0.15) is 0 Å². The third kappa shape index (κ3) is 6.48. The van der Waals surface area contributed by atoms with Gasteiger partial charge in [-0.1, -0.05) is 25.8 Å². The van der Waals surface area contributed by atoms with E-state index in [0.717, 1.165) is 51.0 Å². The van der Waals surface area contributed by atoms with Gasteiger partial charge in [0, 0.05) is 39.1 Å². The van der Waals surface area contributed by atoms with Gasteiger partial charge in [0.25, 0.3) is 0 Å². The van der Waals surface area contributed by atoms with E-state index < -0.39 is 5.97 Å². The number of piperazine rings is 1. The van der Waals surface area contributed by atoms with E-state index in [0.29, 0.717) is 6.04 Å². The van der Waals surface area contributed by atoms with Crippen LogP contribution in [-0.2, 0) is 4.79 Å². The van der Waals surface area contributed by atoms with E-state index >= 15 is 0 Å². The van der Waals surface area contributed by atoms with Gasteiger partial charge >= 0.3 is 5.97 Å². The van der Waals surface area contributed by atoms with Crippen molar-refractivity contribution in [2.75, 3.05) is 26.2 Å². The van der Waals surface area contributed by atoms with Crippen molar-refractivity contribution in [1.82, 2.24) is 10.2 Å². The van der Waals surface area contributed by atoms with Gasteiger partial charge in [-0.15, -0.1) is 24.8 Å². The Morgan fingerprint density at radius 2 is 2.00 bits per heavy atom. The minimum absolute atomic E-state index is 0. The lowest BCUT2D eigenvalue weighted by atomic mass is 9.98. The fraction of sp³-hybridized carbons (Fsp3) is 0.588. The van der Waals surface area contributed by atoms with Crippen LogP contribution in [0.2, 0.25) is 0 Å². The van der Waals surface area contributed by atoms with Crippen molar-refractivity contribution >= 4 is 30.8 Å². The lowest BCUT2D eigenvalue weighted by Gasteiger charge is -2.35. The lowest BCUT2D eigenvalue weighted by molar-refractivity contribution is -0.132. The van der Waals surface area contributed by atoms with Crippen LogP contribution in [0.15, 0.2) is 18.2 Å². The van der Waals surface area contributed by atoms with Crippen LogP contribution in [0.4, 0.5) is 0 Å². The van der Waals surface area contributed by atoms with Gasteiger partial charge in [0.2, 0.25) is 0 Å². The van der Waals surface area contributed by atoms with Gasteiger partial charge in [0.15, 0.2) is 11.5 Å². The van der Waals surface area contributed by atoms with Gasteiger partial charge in [-0.25, -0.2) is 0 Å². The number of esters is 1. The number of nitrogens with one attached hydrogen (secondary N) is 1. The molecule has 1 saturated heterocycles. The highest BCUT2D eigenvalue weighted by atomic mass is 35.5. The highest BCUT2D eigenvalue weighted by Gasteiger charge is 2.22. The summed E-state index contributed by atoms with van der Waals surface area (Å²) in [5, 5.41) is 13.5. The summed E-state index contributed by atoms with van der Waals surface area (Å²) in [6, 6.07) is 5.69. The second-order valence-corrected chi connectivity index (χ2v) is 5.76. The number of carbonyl (C=O) groups excluding carboxylic acids is 1. The van der Waals surface area contributed by atoms with Crippen molar-refractivity contribution < 1.29 is 14.6 Å². The first kappa shape index (κ1) is 23.0. The molecular formula is C17H28Cl2N2O3. The number of halogens is 2. The number of aromatic hydroxyl groups is 1. The van der Waals surface area contributed by atoms with Crippen LogP contribution < -0.4 is 10.1 Å². The van der Waals surface area contributed by atoms with E-state index in [4.69, 9.17) is 4.74 Å². The highest BCUT2D eigenvalue weighted by Crippen LogP contribution is 2.33. The Bertz CT molecular complexity index is 509. The summed E-state index contributed by atoms with van der Waals surface area (Å²) < 4.78 is 4.99. The maximum Gasteiger partial charge on any atom is 0.308 e. The molecule has 0 amide bonds. The molecule has 1 aromatic rings. The molecule has 1 aliphatic heterocycles. The van der Waals surface area contributed by atoms with E-state index in [1.54, 1.807) is 12.1 Å². The van der Waals surface area contributed by atoms with E-state index in [9.17, 15) is 9.90 Å². The molecule has 1 fully saturated rings. The Labute approximate surface area is 156 Å². The molecule has 1 aromatic carbocycles. The van der Waals surface area contributed by atoms with E-state index in [1.807, 2.05) is 6.07 Å². The molecule has 0 saturated carbocycles. The number of phenols is 1. The van der Waals surface area contributed by atoms with Crippen molar-refractivity contribution in [3.63, 3.8) is 0 Å². The Morgan fingerprint density at radius 1 is 1.33 bits per heavy atom. The average molecular weight is 379 g/mol. The summed E-state index contributed by atoms with van der Waals surface area (Å²) in [6.45, 7) is 7.55. The topological polar surface area (TPSA) is 61.8 Å². The van der Waals surface area contributed by atoms with Crippen LogP contribution in [0.5, 0.6) is 11.5 Å². The molecule has 0 radical (unpaired) electrons. The molecule has 0 unspecified atom stereocenters. The summed E-state index contributed by atoms with van der Waals surface area (Å²) in [7, 11) is 0. The van der Waals surface area contributed by atoms with Crippen LogP contribution in [0.1, 0.15) is 44.7 Å². The molecule has 0 aliphatic carbocycles. The van der Waals surface area contributed by atoms with Crippen molar-refractivity contribution in [1.29, 1.82) is 0 Å². The largest absolute Gasteiger partial charge is 0.504 e. The number of benzene rings is 1. The molecule has 0 aromatic heterocycles. The predicted octanol–water partition coefficient (Wildman–Crippen LogP) is 3.30. The number of rotatable bonds is 6. The number of hydrogen-bond donors (Lipinski definition) is 2. The smallest absolute Gasteiger partial charge is 0.308 e. The van der Waals surface area contributed by atoms with Crippen LogP contribution in [0.25, 0.3) is 0 Å². The molecule has 1 atom stereocenters. The maximum absolute atomic E-state index is 11.0. The van der Waals surface area contributed by atoms with Gasteiger partial charge < -0.3 is 15.2 Å². The molecule has 2 N–H and O–H groups in total. The first-order valence-corrected chi connectivity index (χ1v) is 8.08. The van der Waals surface area contributed by atoms with E-state index in [-0.39, 0.29) is 36.3 Å². The Balaban J connectivity index is 0.00000264. The molecule has 1 heterocycles. The monoisotopic (exact) mass is 378 g/mol. The zero-order chi connectivity index (χ0) is 15.9. The maximum atomic E-state index is 11.0. The summed E-state index contributed by atoms with van der Waals surface area (Å²) in [5.74, 6) is -0.164. The van der Waals surface area contributed by atoms with Crippen LogP contribution >= 0.6 is 24.8 Å². The van der Waals surface area contributed by atoms with Crippen molar-refractivity contribution in [3.05, 3.63) is 23.8 Å². The molecule has 0 bridgehead atoms. The third-order valence-electron chi connectivity index (χ3n) is 4.04. The number of phenolic OH excluding ortho intramolecular Hbond substituents is 1. The van der Waals surface area contributed by atoms with Crippen LogP contribution in [0.3, 0.4) is 0 Å². The van der Waals surface area contributed by atoms with Crippen LogP contribution in [-0.4, -0.2) is 42.2 Å². The van der Waals surface area contributed by atoms with Crippen molar-refractivity contribution in [3.8, 4) is 11.5 Å². The minimum atomic E-state index is -0.423. The van der Waals surface area contributed by atoms with E-state index in [1.165, 1.54) is 6.92 Å². The van der Waals surface area contributed by atoms with E-state index in [2.05, 4.69) is 17.1 Å². The van der Waals surface area contributed by atoms with Gasteiger partial charge in [-0.05, 0) is 24.1 Å². The molecule has 5 nitrogen and oxygen atoms in total. The Kier molecular flexibility index (Phi) is 11.0. The Hall–Kier alpha value is -1.01. The summed E-state index contributed by atoms with van der Waals surface area (Å²) in [5.41, 5.74) is 1.09. The van der Waals surface area contributed by atoms with Gasteiger partial charge in [-0.2, -0.15) is 0 Å². The quantitative estimate of drug-likeness (QED) is 0.587. The number of unbranched alkanes of at least 4 members (excludes halogenated alkanes) is 1. The lowest BCUT2D eigenvalue weighted by Crippen LogP contribution is -2.45. The van der Waals surface area contributed by atoms with Crippen LogP contribution in [0, 0.1) is 0 Å². The zero-order valence-corrected chi connectivity index (χ0v) is 15.9. The first-order valence-electron chi connectivity index (χ1n) is 8.08. The summed E-state index contributed by atoms with van der Waals surface area (Å²) >= 11 is 0. The molecule has 1 aliphatic rings. The second kappa shape index (κ2) is 11.5. The SMILES string of the molecule is CCCC[C@@H](c1ccc(OC(C)=O)c(O)c1)N1CCNCC1.Cl.Cl. The summed E-state index contributed by atoms with van der Waals surface area (Å²) in [6.07, 6.45) is 3.38. The fourth-order valence-corrected chi connectivity index (χ4v) is 2.93. The van der Waals surface area contributed by atoms with Gasteiger partial charge in [-0.3, -0.25) is 9.69 Å². The third-order valence-corrected chi connectivity index (χ3v) is 4.04. The standard InChI is InChI=1S/C17H26N2O3.2ClH/c1-3-4-5-15(19-10-8-18-9-11-19)14-6-7-17(16(21)12-14)22-13(2)20;;/h6-7,12,15,18,21H,3-5,8-11H2,1-2H3;2*1H/t15-;;/m0../s1. The zero-order valence-electron chi connectivity index (χ0n) is 14.3. The average Bonchev–Trinajstić information content (AvgIpc) is 2.51. The predicted molar refractivity (Wildman–Crippen MR) is 101 cm³/mol. The Morgan fingerprint density at radius 3 is 2.54 bits per heavy atom. The number of hydrogen-bond acceptors (Lipinski definition) is 5. The normalized spacial score (nSPS) is 15.8. The number of nitrogens with zero attached hydrogens (tertiary/aromatic N) is 1.